The fourth-order valence-electron chi connectivity index (χ4n) is 3.88. The zero-order valence-corrected chi connectivity index (χ0v) is 16.8. The summed E-state index contributed by atoms with van der Waals surface area (Å²) in [4.78, 5) is 20.5. The van der Waals surface area contributed by atoms with Gasteiger partial charge in [-0.2, -0.15) is 0 Å². The van der Waals surface area contributed by atoms with Crippen LogP contribution in [-0.2, 0) is 13.5 Å². The molecule has 5 rings (SSSR count). The Balaban J connectivity index is 1.50. The highest BCUT2D eigenvalue weighted by atomic mass is 16.5. The zero-order chi connectivity index (χ0) is 20.7. The number of hydrogen-bond donors (Lipinski definition) is 2. The van der Waals surface area contributed by atoms with Crippen LogP contribution in [-0.4, -0.2) is 34.2 Å². The van der Waals surface area contributed by atoms with Gasteiger partial charge in [0.05, 0.1) is 31.6 Å². The Bertz CT molecular complexity index is 1220. The van der Waals surface area contributed by atoms with Gasteiger partial charge in [0, 0.05) is 13.5 Å². The first kappa shape index (κ1) is 18.3. The van der Waals surface area contributed by atoms with Crippen molar-refractivity contribution in [2.45, 2.75) is 12.5 Å². The van der Waals surface area contributed by atoms with Crippen LogP contribution in [0.15, 0.2) is 54.9 Å². The van der Waals surface area contributed by atoms with E-state index in [1.807, 2.05) is 54.1 Å². The third kappa shape index (κ3) is 3.18. The summed E-state index contributed by atoms with van der Waals surface area (Å²) in [6.45, 7) is 0.695. The second kappa shape index (κ2) is 7.26. The molecule has 1 aliphatic heterocycles. The maximum atomic E-state index is 13.1. The van der Waals surface area contributed by atoms with Crippen LogP contribution in [0, 0.1) is 0 Å². The van der Waals surface area contributed by atoms with Gasteiger partial charge in [0.2, 0.25) is 0 Å². The van der Waals surface area contributed by atoms with E-state index in [0.29, 0.717) is 17.9 Å². The van der Waals surface area contributed by atoms with Crippen molar-refractivity contribution in [1.29, 1.82) is 0 Å². The molecule has 30 heavy (non-hydrogen) atoms. The van der Waals surface area contributed by atoms with Gasteiger partial charge in [-0.05, 0) is 47.0 Å². The number of carbonyl (C=O) groups is 1. The zero-order valence-electron chi connectivity index (χ0n) is 16.8. The minimum atomic E-state index is -0.311. The summed E-state index contributed by atoms with van der Waals surface area (Å²) in [7, 11) is 3.54. The summed E-state index contributed by atoms with van der Waals surface area (Å²) < 4.78 is 12.8. The third-order valence-corrected chi connectivity index (χ3v) is 5.53. The lowest BCUT2D eigenvalue weighted by molar-refractivity contribution is 0.0938. The first-order valence-electron chi connectivity index (χ1n) is 9.83. The van der Waals surface area contributed by atoms with Gasteiger partial charge in [0.25, 0.3) is 5.91 Å². The molecule has 1 atom stereocenters. The number of nitrogens with one attached hydrogen (secondary N) is 2. The van der Waals surface area contributed by atoms with Gasteiger partial charge in [0.1, 0.15) is 17.2 Å². The molecule has 0 saturated heterocycles. The number of nitrogens with zero attached hydrogens (tertiary/aromatic N) is 2. The van der Waals surface area contributed by atoms with Crippen LogP contribution in [0.5, 0.6) is 11.5 Å². The smallest absolute Gasteiger partial charge is 0.268 e. The summed E-state index contributed by atoms with van der Waals surface area (Å²) in [5.74, 6) is 1.50. The number of H-pyrrole nitrogens is 1. The van der Waals surface area contributed by atoms with E-state index in [-0.39, 0.29) is 11.9 Å². The predicted octanol–water partition coefficient (Wildman–Crippen LogP) is 3.36. The summed E-state index contributed by atoms with van der Waals surface area (Å²) >= 11 is 0. The van der Waals surface area contributed by atoms with Crippen molar-refractivity contribution in [2.24, 2.45) is 7.05 Å². The average molecular weight is 402 g/mol. The number of hydrogen-bond acceptors (Lipinski definition) is 4. The first-order valence-corrected chi connectivity index (χ1v) is 9.83. The molecule has 152 valence electrons. The van der Waals surface area contributed by atoms with Crippen molar-refractivity contribution >= 4 is 17.1 Å². The molecule has 0 aliphatic carbocycles. The molecule has 1 amide bonds. The minimum absolute atomic E-state index is 0.189. The van der Waals surface area contributed by atoms with Crippen molar-refractivity contribution in [2.75, 3.05) is 13.7 Å². The van der Waals surface area contributed by atoms with E-state index in [9.17, 15) is 4.79 Å². The number of methoxy groups -OCH3 is 1. The second-order valence-electron chi connectivity index (χ2n) is 7.42. The molecule has 1 unspecified atom stereocenters. The van der Waals surface area contributed by atoms with Gasteiger partial charge in [-0.15, -0.1) is 0 Å². The van der Waals surface area contributed by atoms with Crippen LogP contribution in [0.1, 0.15) is 33.2 Å². The van der Waals surface area contributed by atoms with E-state index in [1.165, 1.54) is 0 Å². The SMILES string of the molecule is COc1ccc(C(NC(=O)c2cc3c(ncn3C)[nH]2)c2ccc3c(c2)CCO3)cc1. The molecule has 0 saturated carbocycles. The highest BCUT2D eigenvalue weighted by Gasteiger charge is 2.22. The van der Waals surface area contributed by atoms with Crippen molar-refractivity contribution in [3.8, 4) is 11.5 Å². The molecule has 2 aromatic heterocycles. The van der Waals surface area contributed by atoms with Gasteiger partial charge in [0.15, 0.2) is 5.65 Å². The summed E-state index contributed by atoms with van der Waals surface area (Å²) in [6.07, 6.45) is 2.59. The number of ether oxygens (including phenoxy) is 2. The first-order chi connectivity index (χ1) is 14.6. The fourth-order valence-corrected chi connectivity index (χ4v) is 3.88. The van der Waals surface area contributed by atoms with Gasteiger partial charge in [-0.3, -0.25) is 4.79 Å². The maximum Gasteiger partial charge on any atom is 0.268 e. The van der Waals surface area contributed by atoms with Crippen LogP contribution in [0.4, 0.5) is 0 Å². The van der Waals surface area contributed by atoms with Gasteiger partial charge >= 0.3 is 0 Å². The van der Waals surface area contributed by atoms with Gasteiger partial charge < -0.3 is 24.3 Å². The van der Waals surface area contributed by atoms with E-state index in [1.54, 1.807) is 13.4 Å². The molecule has 1 aliphatic rings. The second-order valence-corrected chi connectivity index (χ2v) is 7.42. The molecular formula is C23H22N4O3. The number of rotatable bonds is 5. The Morgan fingerprint density at radius 1 is 1.20 bits per heavy atom. The maximum absolute atomic E-state index is 13.1. The van der Waals surface area contributed by atoms with Crippen LogP contribution in [0.2, 0.25) is 0 Å². The Morgan fingerprint density at radius 3 is 2.77 bits per heavy atom. The van der Waals surface area contributed by atoms with Crippen LogP contribution in [0.3, 0.4) is 0 Å². The number of amides is 1. The number of aromatic nitrogens is 3. The molecule has 4 aromatic rings. The normalized spacial score (nSPS) is 13.7. The average Bonchev–Trinajstić information content (AvgIpc) is 3.49. The van der Waals surface area contributed by atoms with E-state index in [2.05, 4.69) is 21.4 Å². The number of imidazole rings is 1. The molecule has 0 fully saturated rings. The number of fused-ring (bicyclic) bond motifs is 2. The molecule has 3 heterocycles. The summed E-state index contributed by atoms with van der Waals surface area (Å²) in [6, 6.07) is 15.4. The van der Waals surface area contributed by atoms with Gasteiger partial charge in [-0.1, -0.05) is 18.2 Å². The van der Waals surface area contributed by atoms with Gasteiger partial charge in [-0.25, -0.2) is 4.98 Å². The van der Waals surface area contributed by atoms with E-state index < -0.39 is 0 Å². The summed E-state index contributed by atoms with van der Waals surface area (Å²) in [5, 5.41) is 3.18. The van der Waals surface area contributed by atoms with E-state index >= 15 is 0 Å². The number of benzene rings is 2. The van der Waals surface area contributed by atoms with Crippen LogP contribution >= 0.6 is 0 Å². The number of aromatic amines is 1. The van der Waals surface area contributed by atoms with Crippen molar-refractivity contribution in [3.05, 3.63) is 77.2 Å². The molecular weight excluding hydrogens is 380 g/mol. The topological polar surface area (TPSA) is 81.2 Å². The quantitative estimate of drug-likeness (QED) is 0.536. The summed E-state index contributed by atoms with van der Waals surface area (Å²) in [5.41, 5.74) is 5.19. The van der Waals surface area contributed by atoms with E-state index in [0.717, 1.165) is 40.1 Å². The molecule has 2 N–H and O–H groups in total. The lowest BCUT2D eigenvalue weighted by Gasteiger charge is -2.20. The Labute approximate surface area is 173 Å². The Hall–Kier alpha value is -3.74. The molecule has 0 spiro atoms. The van der Waals surface area contributed by atoms with Crippen molar-refractivity contribution in [3.63, 3.8) is 0 Å². The Kier molecular flexibility index (Phi) is 4.43. The molecule has 7 nitrogen and oxygen atoms in total. The molecule has 7 heteroatoms. The largest absolute Gasteiger partial charge is 0.497 e. The highest BCUT2D eigenvalue weighted by Crippen LogP contribution is 2.31. The molecule has 0 bridgehead atoms. The third-order valence-electron chi connectivity index (χ3n) is 5.53. The van der Waals surface area contributed by atoms with Crippen molar-refractivity contribution in [1.82, 2.24) is 19.9 Å². The molecule has 0 radical (unpaired) electrons. The molecule has 2 aromatic carbocycles. The lowest BCUT2D eigenvalue weighted by atomic mass is 9.96. The van der Waals surface area contributed by atoms with Crippen LogP contribution < -0.4 is 14.8 Å². The highest BCUT2D eigenvalue weighted by molar-refractivity contribution is 5.97. The van der Waals surface area contributed by atoms with Crippen LogP contribution in [0.25, 0.3) is 11.2 Å². The number of aryl methyl sites for hydroxylation is 1. The Morgan fingerprint density at radius 2 is 2.00 bits per heavy atom. The van der Waals surface area contributed by atoms with E-state index in [4.69, 9.17) is 9.47 Å². The number of carbonyl (C=O) groups excluding carboxylic acids is 1. The standard InChI is InChI=1S/C23H22N4O3/c1-27-13-24-22-19(27)12-18(25-22)23(28)26-21(14-3-6-17(29-2)7-4-14)16-5-8-20-15(11-16)9-10-30-20/h3-8,11-13,21,25H,9-10H2,1-2H3,(H,26,28). The predicted molar refractivity (Wildman–Crippen MR) is 113 cm³/mol. The fraction of sp³-hybridized carbons (Fsp3) is 0.217. The van der Waals surface area contributed by atoms with Crippen molar-refractivity contribution < 1.29 is 14.3 Å². The minimum Gasteiger partial charge on any atom is -0.497 e. The lowest BCUT2D eigenvalue weighted by Crippen LogP contribution is -2.29. The monoisotopic (exact) mass is 402 g/mol.